The molecule has 0 aliphatic rings. The van der Waals surface area contributed by atoms with Crippen molar-refractivity contribution in [2.24, 2.45) is 0 Å². The van der Waals surface area contributed by atoms with Crippen LogP contribution in [-0.4, -0.2) is 28.8 Å². The lowest BCUT2D eigenvalue weighted by Gasteiger charge is -2.18. The molecule has 0 spiro atoms. The third-order valence-corrected chi connectivity index (χ3v) is 8.01. The molecule has 4 N–H and O–H groups in total. The fraction of sp³-hybridized carbons (Fsp3) is 0.0270. The Morgan fingerprint density at radius 2 is 1.15 bits per heavy atom. The molecule has 9 heteroatoms. The summed E-state index contributed by atoms with van der Waals surface area (Å²) in [5.74, 6) is -2.23. The zero-order valence-electron chi connectivity index (χ0n) is 24.4. The van der Waals surface area contributed by atoms with Crippen LogP contribution in [0.4, 0.5) is 11.4 Å². The van der Waals surface area contributed by atoms with Gasteiger partial charge < -0.3 is 21.1 Å². The molecule has 8 nitrogen and oxygen atoms in total. The van der Waals surface area contributed by atoms with Crippen LogP contribution in [0.3, 0.4) is 0 Å². The SMILES string of the molecule is O=C(Nc1ccc(SC(C(=O)Nc2ccc(C(=O)O)cc2)c2ccccc2)cc1)/C(=C/c1ccccc1)NC(=O)c1ccccc1. The number of carbonyl (C=O) groups excluding carboxylic acids is 3. The molecule has 0 heterocycles. The molecule has 0 aromatic heterocycles. The van der Waals surface area contributed by atoms with Gasteiger partial charge in [-0.1, -0.05) is 78.9 Å². The Hall–Kier alpha value is -5.93. The van der Waals surface area contributed by atoms with Gasteiger partial charge in [0, 0.05) is 21.8 Å². The first kappa shape index (κ1) is 31.5. The summed E-state index contributed by atoms with van der Waals surface area (Å²) in [5, 5.41) is 17.0. The van der Waals surface area contributed by atoms with Crippen molar-refractivity contribution < 1.29 is 24.3 Å². The number of hydrogen-bond acceptors (Lipinski definition) is 5. The summed E-state index contributed by atoms with van der Waals surface area (Å²) in [6, 6.07) is 40.2. The topological polar surface area (TPSA) is 125 Å². The van der Waals surface area contributed by atoms with Crippen molar-refractivity contribution in [3.63, 3.8) is 0 Å². The van der Waals surface area contributed by atoms with Gasteiger partial charge in [0.05, 0.1) is 5.56 Å². The average Bonchev–Trinajstić information content (AvgIpc) is 3.09. The molecule has 0 saturated heterocycles. The Bertz CT molecular complexity index is 1850. The normalized spacial score (nSPS) is 11.6. The summed E-state index contributed by atoms with van der Waals surface area (Å²) in [4.78, 5) is 51.6. The fourth-order valence-electron chi connectivity index (χ4n) is 4.41. The standard InChI is InChI=1S/C37H29N3O5S/c41-34(27-14-8-3-9-15-27)40-32(24-25-10-4-1-5-11-25)35(42)38-30-20-22-31(23-21-30)46-33(26-12-6-2-7-13-26)36(43)39-29-18-16-28(17-19-29)37(44)45/h1-24,33H,(H,38,42)(H,39,43)(H,40,41)(H,44,45)/b32-24-. The molecule has 0 fully saturated rings. The van der Waals surface area contributed by atoms with Crippen LogP contribution in [0.2, 0.25) is 0 Å². The maximum absolute atomic E-state index is 13.4. The van der Waals surface area contributed by atoms with Gasteiger partial charge in [0.25, 0.3) is 11.8 Å². The minimum atomic E-state index is -1.05. The maximum Gasteiger partial charge on any atom is 0.335 e. The van der Waals surface area contributed by atoms with Gasteiger partial charge in [0.2, 0.25) is 5.91 Å². The van der Waals surface area contributed by atoms with E-state index in [0.29, 0.717) is 16.9 Å². The van der Waals surface area contributed by atoms with Gasteiger partial charge in [-0.3, -0.25) is 14.4 Å². The second kappa shape index (κ2) is 15.2. The Kier molecular flexibility index (Phi) is 10.4. The Morgan fingerprint density at radius 3 is 1.76 bits per heavy atom. The Morgan fingerprint density at radius 1 is 0.609 bits per heavy atom. The van der Waals surface area contributed by atoms with Crippen LogP contribution < -0.4 is 16.0 Å². The van der Waals surface area contributed by atoms with Crippen molar-refractivity contribution in [3.8, 4) is 0 Å². The number of carboxylic acid groups (broad SMARTS) is 1. The molecule has 0 saturated carbocycles. The van der Waals surface area contributed by atoms with Gasteiger partial charge in [0.1, 0.15) is 10.9 Å². The molecular formula is C37H29N3O5S. The molecule has 0 aliphatic carbocycles. The number of carboxylic acids is 1. The van der Waals surface area contributed by atoms with Crippen LogP contribution in [0.15, 0.2) is 150 Å². The molecule has 5 rings (SSSR count). The molecule has 0 radical (unpaired) electrons. The minimum Gasteiger partial charge on any atom is -0.478 e. The third kappa shape index (κ3) is 8.58. The first-order valence-corrected chi connectivity index (χ1v) is 15.1. The number of anilines is 2. The smallest absolute Gasteiger partial charge is 0.335 e. The van der Waals surface area contributed by atoms with Gasteiger partial charge in [-0.05, 0) is 77.9 Å². The van der Waals surface area contributed by atoms with E-state index in [2.05, 4.69) is 16.0 Å². The quantitative estimate of drug-likeness (QED) is 0.0902. The van der Waals surface area contributed by atoms with Gasteiger partial charge in [0.15, 0.2) is 0 Å². The number of benzene rings is 5. The van der Waals surface area contributed by atoms with Crippen LogP contribution in [-0.2, 0) is 9.59 Å². The summed E-state index contributed by atoms with van der Waals surface area (Å²) < 4.78 is 0. The van der Waals surface area contributed by atoms with Crippen LogP contribution >= 0.6 is 11.8 Å². The number of nitrogens with one attached hydrogen (secondary N) is 3. The van der Waals surface area contributed by atoms with Crippen molar-refractivity contribution >= 4 is 52.9 Å². The van der Waals surface area contributed by atoms with E-state index in [4.69, 9.17) is 5.11 Å². The van der Waals surface area contributed by atoms with E-state index in [1.807, 2.05) is 66.7 Å². The molecule has 0 aliphatic heterocycles. The van der Waals surface area contributed by atoms with Crippen molar-refractivity contribution in [2.75, 3.05) is 10.6 Å². The molecule has 5 aromatic carbocycles. The molecule has 46 heavy (non-hydrogen) atoms. The van der Waals surface area contributed by atoms with E-state index in [1.54, 1.807) is 66.7 Å². The summed E-state index contributed by atoms with van der Waals surface area (Å²) >= 11 is 1.33. The second-order valence-corrected chi connectivity index (χ2v) is 11.2. The number of amides is 3. The highest BCUT2D eigenvalue weighted by atomic mass is 32.2. The molecule has 228 valence electrons. The number of thioether (sulfide) groups is 1. The maximum atomic E-state index is 13.4. The molecule has 1 atom stereocenters. The molecule has 0 bridgehead atoms. The Labute approximate surface area is 270 Å². The van der Waals surface area contributed by atoms with Gasteiger partial charge in [-0.2, -0.15) is 0 Å². The Balaban J connectivity index is 1.30. The highest BCUT2D eigenvalue weighted by Crippen LogP contribution is 2.36. The highest BCUT2D eigenvalue weighted by molar-refractivity contribution is 8.00. The number of carbonyl (C=O) groups is 4. The van der Waals surface area contributed by atoms with Gasteiger partial charge >= 0.3 is 5.97 Å². The first-order valence-electron chi connectivity index (χ1n) is 14.3. The molecular weight excluding hydrogens is 598 g/mol. The van der Waals surface area contributed by atoms with Gasteiger partial charge in [-0.15, -0.1) is 11.8 Å². The lowest BCUT2D eigenvalue weighted by molar-refractivity contribution is -0.116. The van der Waals surface area contributed by atoms with Crippen LogP contribution in [0.1, 0.15) is 37.1 Å². The lowest BCUT2D eigenvalue weighted by Crippen LogP contribution is -2.30. The van der Waals surface area contributed by atoms with E-state index in [-0.39, 0.29) is 17.2 Å². The summed E-state index contributed by atoms with van der Waals surface area (Å²) in [5.41, 5.74) is 3.14. The fourth-order valence-corrected chi connectivity index (χ4v) is 5.44. The zero-order chi connectivity index (χ0) is 32.3. The van der Waals surface area contributed by atoms with E-state index in [1.165, 1.54) is 23.9 Å². The summed E-state index contributed by atoms with van der Waals surface area (Å²) in [6.45, 7) is 0. The van der Waals surface area contributed by atoms with Crippen LogP contribution in [0, 0.1) is 0 Å². The highest BCUT2D eigenvalue weighted by Gasteiger charge is 2.23. The minimum absolute atomic E-state index is 0.0794. The summed E-state index contributed by atoms with van der Waals surface area (Å²) in [6.07, 6.45) is 1.61. The molecule has 1 unspecified atom stereocenters. The monoisotopic (exact) mass is 627 g/mol. The lowest BCUT2D eigenvalue weighted by atomic mass is 10.1. The van der Waals surface area contributed by atoms with Crippen molar-refractivity contribution in [2.45, 2.75) is 10.1 Å². The average molecular weight is 628 g/mol. The number of rotatable bonds is 11. The molecule has 3 amide bonds. The van der Waals surface area contributed by atoms with Crippen molar-refractivity contribution in [1.82, 2.24) is 5.32 Å². The van der Waals surface area contributed by atoms with Crippen molar-refractivity contribution in [3.05, 3.63) is 167 Å². The van der Waals surface area contributed by atoms with E-state index in [9.17, 15) is 19.2 Å². The summed E-state index contributed by atoms with van der Waals surface area (Å²) in [7, 11) is 0. The predicted octanol–water partition coefficient (Wildman–Crippen LogP) is 7.27. The number of hydrogen-bond donors (Lipinski definition) is 4. The van der Waals surface area contributed by atoms with Crippen molar-refractivity contribution in [1.29, 1.82) is 0 Å². The predicted molar refractivity (Wildman–Crippen MR) is 180 cm³/mol. The third-order valence-electron chi connectivity index (χ3n) is 6.75. The van der Waals surface area contributed by atoms with Crippen LogP contribution in [0.25, 0.3) is 6.08 Å². The first-order chi connectivity index (χ1) is 22.4. The largest absolute Gasteiger partial charge is 0.478 e. The van der Waals surface area contributed by atoms with E-state index in [0.717, 1.165) is 16.0 Å². The van der Waals surface area contributed by atoms with E-state index < -0.39 is 23.0 Å². The zero-order valence-corrected chi connectivity index (χ0v) is 25.2. The van der Waals surface area contributed by atoms with Crippen LogP contribution in [0.5, 0.6) is 0 Å². The second-order valence-electron chi connectivity index (χ2n) is 10.0. The molecule has 5 aromatic rings. The number of aromatic carboxylic acids is 1. The van der Waals surface area contributed by atoms with E-state index >= 15 is 0 Å². The van der Waals surface area contributed by atoms with Gasteiger partial charge in [-0.25, -0.2) is 4.79 Å².